The molecule has 3 saturated heterocycles. The summed E-state index contributed by atoms with van der Waals surface area (Å²) in [5.41, 5.74) is -0.454. The summed E-state index contributed by atoms with van der Waals surface area (Å²) in [6.45, 7) is 3.76. The zero-order valence-electron chi connectivity index (χ0n) is 15.8. The smallest absolute Gasteiger partial charge is 0.207 e. The molecule has 0 N–H and O–H groups in total. The second-order valence-corrected chi connectivity index (χ2v) is 9.85. The predicted octanol–water partition coefficient (Wildman–Crippen LogP) is 3.17. The topological polar surface area (TPSA) is 71.9 Å². The minimum Gasteiger partial charge on any atom is -0.376 e. The Morgan fingerprint density at radius 2 is 2.19 bits per heavy atom. The Balaban J connectivity index is 1.50. The fourth-order valence-electron chi connectivity index (χ4n) is 5.70. The predicted molar refractivity (Wildman–Crippen MR) is 102 cm³/mol. The van der Waals surface area contributed by atoms with Crippen molar-refractivity contribution < 1.29 is 9.47 Å². The fourth-order valence-corrected chi connectivity index (χ4v) is 6.54. The van der Waals surface area contributed by atoms with Crippen LogP contribution in [0.4, 0.5) is 0 Å². The van der Waals surface area contributed by atoms with E-state index in [4.69, 9.17) is 14.5 Å². The van der Waals surface area contributed by atoms with Crippen molar-refractivity contribution in [3.63, 3.8) is 0 Å². The molecule has 0 spiro atoms. The van der Waals surface area contributed by atoms with Crippen LogP contribution in [0.25, 0.3) is 0 Å². The van der Waals surface area contributed by atoms with E-state index < -0.39 is 5.60 Å². The van der Waals surface area contributed by atoms with Crippen molar-refractivity contribution in [2.45, 2.75) is 76.2 Å². The van der Waals surface area contributed by atoms with Crippen LogP contribution in [0.2, 0.25) is 0 Å². The number of hydrogen-bond acceptors (Lipinski definition) is 5. The van der Waals surface area contributed by atoms with Gasteiger partial charge in [-0.05, 0) is 63.7 Å². The maximum absolute atomic E-state index is 9.34. The Bertz CT molecular complexity index is 821. The van der Waals surface area contributed by atoms with Gasteiger partial charge in [-0.15, -0.1) is 11.3 Å². The highest BCUT2D eigenvalue weighted by molar-refractivity contribution is 7.09. The molecule has 6 rings (SSSR count). The third-order valence-electron chi connectivity index (χ3n) is 6.51. The van der Waals surface area contributed by atoms with Gasteiger partial charge in [0.1, 0.15) is 5.60 Å². The van der Waals surface area contributed by atoms with Crippen molar-refractivity contribution in [3.8, 4) is 6.19 Å². The molecule has 7 heteroatoms. The molecular formula is C20H26N4O2S. The number of nitrogens with zero attached hydrogens (tertiary/aromatic N) is 4. The Morgan fingerprint density at radius 3 is 2.85 bits per heavy atom. The van der Waals surface area contributed by atoms with Gasteiger partial charge in [-0.2, -0.15) is 10.3 Å². The van der Waals surface area contributed by atoms with Crippen LogP contribution in [0, 0.1) is 30.2 Å². The van der Waals surface area contributed by atoms with Crippen LogP contribution in [0.1, 0.15) is 49.8 Å². The molecule has 144 valence electrons. The van der Waals surface area contributed by atoms with E-state index in [0.29, 0.717) is 23.8 Å². The van der Waals surface area contributed by atoms with Crippen molar-refractivity contribution in [3.05, 3.63) is 15.9 Å². The molecular weight excluding hydrogens is 360 g/mol. The second kappa shape index (κ2) is 6.84. The molecule has 27 heavy (non-hydrogen) atoms. The van der Waals surface area contributed by atoms with E-state index >= 15 is 0 Å². The van der Waals surface area contributed by atoms with Gasteiger partial charge in [-0.3, -0.25) is 0 Å². The average Bonchev–Trinajstić information content (AvgIpc) is 3.23. The number of amidine groups is 1. The van der Waals surface area contributed by atoms with Gasteiger partial charge in [0.05, 0.1) is 18.8 Å². The first kappa shape index (κ1) is 17.6. The summed E-state index contributed by atoms with van der Waals surface area (Å²) < 4.78 is 14.5. The molecule has 5 aliphatic rings. The third kappa shape index (κ3) is 3.28. The summed E-state index contributed by atoms with van der Waals surface area (Å²) in [7, 11) is 0. The molecule has 3 aliphatic heterocycles. The highest BCUT2D eigenvalue weighted by atomic mass is 32.1. The zero-order valence-corrected chi connectivity index (χ0v) is 16.6. The standard InChI is InChI=1S/C20H26N4O2S/c1-13-10-24(11-16-3-2-4-25-16)19(27-13)23-18(22-12-21)20-8-14-5-15(9-20)7-17(6-14)26-20/h10,14-17H,2-9,11H2,1H3/b22-18?,23-19-/t14?,15?,16-,17?,20?/m1/s1. The number of thiazole rings is 1. The number of aromatic nitrogens is 1. The quantitative estimate of drug-likeness (QED) is 0.455. The minimum atomic E-state index is -0.454. The molecule has 0 amide bonds. The lowest BCUT2D eigenvalue weighted by Gasteiger charge is -2.55. The number of nitriles is 1. The van der Waals surface area contributed by atoms with E-state index in [1.807, 2.05) is 6.19 Å². The average molecular weight is 387 g/mol. The highest BCUT2D eigenvalue weighted by Crippen LogP contribution is 2.53. The largest absolute Gasteiger partial charge is 0.376 e. The monoisotopic (exact) mass is 386 g/mol. The van der Waals surface area contributed by atoms with Gasteiger partial charge >= 0.3 is 0 Å². The molecule has 2 aliphatic carbocycles. The molecule has 3 atom stereocenters. The molecule has 0 aromatic carbocycles. The van der Waals surface area contributed by atoms with Crippen molar-refractivity contribution in [1.29, 1.82) is 5.26 Å². The van der Waals surface area contributed by atoms with Crippen LogP contribution in [0.15, 0.2) is 16.2 Å². The molecule has 6 nitrogen and oxygen atoms in total. The first-order valence-corrected chi connectivity index (χ1v) is 10.9. The number of aliphatic imine (C=N–C) groups is 1. The summed E-state index contributed by atoms with van der Waals surface area (Å²) in [6, 6.07) is 0. The van der Waals surface area contributed by atoms with E-state index in [1.165, 1.54) is 11.3 Å². The van der Waals surface area contributed by atoms with E-state index in [0.717, 1.165) is 56.5 Å². The molecule has 5 fully saturated rings. The van der Waals surface area contributed by atoms with Gasteiger partial charge in [0.15, 0.2) is 10.6 Å². The van der Waals surface area contributed by atoms with Gasteiger partial charge in [-0.25, -0.2) is 4.99 Å². The van der Waals surface area contributed by atoms with E-state index in [9.17, 15) is 5.26 Å². The summed E-state index contributed by atoms with van der Waals surface area (Å²) in [5.74, 6) is 1.98. The molecule has 4 heterocycles. The number of ether oxygens (including phenoxy) is 2. The highest BCUT2D eigenvalue weighted by Gasteiger charge is 2.55. The van der Waals surface area contributed by atoms with Gasteiger partial charge < -0.3 is 14.0 Å². The molecule has 0 radical (unpaired) electrons. The lowest BCUT2D eigenvalue weighted by Crippen LogP contribution is -2.58. The van der Waals surface area contributed by atoms with Crippen LogP contribution < -0.4 is 4.80 Å². The van der Waals surface area contributed by atoms with Crippen LogP contribution in [-0.2, 0) is 16.0 Å². The first-order chi connectivity index (χ1) is 13.1. The van der Waals surface area contributed by atoms with Gasteiger partial charge in [0.2, 0.25) is 6.19 Å². The summed E-state index contributed by atoms with van der Waals surface area (Å²) in [4.78, 5) is 11.2. The Morgan fingerprint density at radius 1 is 1.37 bits per heavy atom. The van der Waals surface area contributed by atoms with Crippen molar-refractivity contribution in [2.75, 3.05) is 6.61 Å². The van der Waals surface area contributed by atoms with Crippen LogP contribution in [0.3, 0.4) is 0 Å². The van der Waals surface area contributed by atoms with Gasteiger partial charge in [0.25, 0.3) is 0 Å². The molecule has 1 aromatic heterocycles. The van der Waals surface area contributed by atoms with Crippen molar-refractivity contribution in [1.82, 2.24) is 4.57 Å². The lowest BCUT2D eigenvalue weighted by atomic mass is 9.62. The van der Waals surface area contributed by atoms with Crippen molar-refractivity contribution >= 4 is 17.2 Å². The maximum Gasteiger partial charge on any atom is 0.207 e. The van der Waals surface area contributed by atoms with Gasteiger partial charge in [0, 0.05) is 17.7 Å². The van der Waals surface area contributed by atoms with E-state index in [1.54, 1.807) is 11.3 Å². The third-order valence-corrected chi connectivity index (χ3v) is 7.45. The number of hydrogen-bond donors (Lipinski definition) is 0. The molecule has 4 bridgehead atoms. The molecule has 2 unspecified atom stereocenters. The van der Waals surface area contributed by atoms with Gasteiger partial charge in [-0.1, -0.05) is 0 Å². The molecule has 2 saturated carbocycles. The number of aryl methyl sites for hydroxylation is 1. The lowest BCUT2D eigenvalue weighted by molar-refractivity contribution is -0.186. The summed E-state index contributed by atoms with van der Waals surface area (Å²) in [5, 5.41) is 9.34. The summed E-state index contributed by atoms with van der Waals surface area (Å²) in [6.07, 6.45) is 12.5. The normalized spacial score (nSPS) is 38.5. The van der Waals surface area contributed by atoms with Crippen LogP contribution >= 0.6 is 11.3 Å². The molecule has 1 aromatic rings. The Labute approximate surface area is 163 Å². The maximum atomic E-state index is 9.34. The fraction of sp³-hybridized carbons (Fsp3) is 0.750. The van der Waals surface area contributed by atoms with E-state index in [2.05, 4.69) is 22.7 Å². The van der Waals surface area contributed by atoms with Crippen LogP contribution in [-0.4, -0.2) is 34.8 Å². The summed E-state index contributed by atoms with van der Waals surface area (Å²) >= 11 is 1.65. The van der Waals surface area contributed by atoms with Crippen LogP contribution in [0.5, 0.6) is 0 Å². The second-order valence-electron chi connectivity index (χ2n) is 8.64. The van der Waals surface area contributed by atoms with Crippen molar-refractivity contribution in [2.24, 2.45) is 21.8 Å². The first-order valence-electron chi connectivity index (χ1n) is 10.1. The Kier molecular flexibility index (Phi) is 4.46. The Hall–Kier alpha value is -1.49. The number of rotatable bonds is 3. The zero-order chi connectivity index (χ0) is 18.4. The van der Waals surface area contributed by atoms with E-state index in [-0.39, 0.29) is 6.10 Å². The SMILES string of the molecule is Cc1cn(C[C@H]2CCCO2)/c(=N/C(=NC#N)C23CC4CC(CC(C4)O2)C3)s1. The minimum absolute atomic E-state index is 0.255.